The summed E-state index contributed by atoms with van der Waals surface area (Å²) in [7, 11) is 0. The van der Waals surface area contributed by atoms with Gasteiger partial charge in [0.15, 0.2) is 0 Å². The van der Waals surface area contributed by atoms with Gasteiger partial charge >= 0.3 is 0 Å². The lowest BCUT2D eigenvalue weighted by Crippen LogP contribution is -2.01. The van der Waals surface area contributed by atoms with Gasteiger partial charge in [-0.25, -0.2) is 0 Å². The van der Waals surface area contributed by atoms with Gasteiger partial charge in [-0.1, -0.05) is 48.1 Å². The summed E-state index contributed by atoms with van der Waals surface area (Å²) in [4.78, 5) is 0. The van der Waals surface area contributed by atoms with Crippen LogP contribution in [0, 0.1) is 17.8 Å². The molecule has 0 heterocycles. The molecule has 0 aromatic rings. The molecule has 0 aliphatic heterocycles. The van der Waals surface area contributed by atoms with Crippen molar-refractivity contribution < 1.29 is 0 Å². The molecule has 0 amide bonds. The third-order valence-electron chi connectivity index (χ3n) is 3.43. The minimum atomic E-state index is 0.793. The Labute approximate surface area is 79.3 Å². The van der Waals surface area contributed by atoms with Gasteiger partial charge in [-0.05, 0) is 30.6 Å². The molecule has 0 aromatic carbocycles. The first kappa shape index (κ1) is 7.37. The van der Waals surface area contributed by atoms with E-state index < -0.39 is 0 Å². The zero-order valence-electron chi connectivity index (χ0n) is 7.69. The number of fused-ring (bicyclic) bond motifs is 1. The normalized spacial score (nSPS) is 40.0. The highest BCUT2D eigenvalue weighted by Gasteiger charge is 2.46. The van der Waals surface area contributed by atoms with E-state index in [0.29, 0.717) is 0 Å². The van der Waals surface area contributed by atoms with E-state index in [-0.39, 0.29) is 0 Å². The van der Waals surface area contributed by atoms with Crippen LogP contribution in [0.5, 0.6) is 0 Å². The third-order valence-corrected chi connectivity index (χ3v) is 3.43. The maximum atomic E-state index is 2.38. The largest absolute Gasteiger partial charge is 0.0839 e. The number of rotatable bonds is 1. The first-order chi connectivity index (χ1) is 6.47. The summed E-state index contributed by atoms with van der Waals surface area (Å²) in [5.74, 6) is 2.56. The number of hydrogen-bond acceptors (Lipinski definition) is 0. The van der Waals surface area contributed by atoms with Gasteiger partial charge in [0, 0.05) is 0 Å². The second-order valence-corrected chi connectivity index (χ2v) is 4.18. The van der Waals surface area contributed by atoms with Crippen LogP contribution < -0.4 is 0 Å². The van der Waals surface area contributed by atoms with Gasteiger partial charge in [-0.2, -0.15) is 0 Å². The second kappa shape index (κ2) is 2.73. The minimum Gasteiger partial charge on any atom is -0.0839 e. The van der Waals surface area contributed by atoms with Crippen LogP contribution in [0.15, 0.2) is 48.1 Å². The molecule has 3 aliphatic carbocycles. The van der Waals surface area contributed by atoms with Gasteiger partial charge in [0.1, 0.15) is 0 Å². The molecule has 0 heteroatoms. The lowest BCUT2D eigenvalue weighted by Gasteiger charge is -2.11. The van der Waals surface area contributed by atoms with Crippen molar-refractivity contribution in [2.75, 3.05) is 0 Å². The van der Waals surface area contributed by atoms with Gasteiger partial charge in [-0.3, -0.25) is 0 Å². The van der Waals surface area contributed by atoms with E-state index in [1.54, 1.807) is 5.57 Å². The summed E-state index contributed by atoms with van der Waals surface area (Å²) >= 11 is 0. The predicted octanol–water partition coefficient (Wildman–Crippen LogP) is 3.25. The van der Waals surface area contributed by atoms with Gasteiger partial charge in [0.2, 0.25) is 0 Å². The Bertz CT molecular complexity index is 328. The van der Waals surface area contributed by atoms with E-state index >= 15 is 0 Å². The van der Waals surface area contributed by atoms with Crippen molar-refractivity contribution in [2.45, 2.75) is 12.8 Å². The van der Waals surface area contributed by atoms with Crippen LogP contribution in [0.25, 0.3) is 0 Å². The number of allylic oxidation sites excluding steroid dienone is 8. The van der Waals surface area contributed by atoms with Crippen molar-refractivity contribution in [3.8, 4) is 0 Å². The highest BCUT2D eigenvalue weighted by atomic mass is 14.5. The van der Waals surface area contributed by atoms with Crippen LogP contribution in [-0.2, 0) is 0 Å². The monoisotopic (exact) mass is 170 g/mol. The first-order valence-corrected chi connectivity index (χ1v) is 5.17. The fourth-order valence-electron chi connectivity index (χ4n) is 2.70. The summed E-state index contributed by atoms with van der Waals surface area (Å²) in [6, 6.07) is 0. The van der Waals surface area contributed by atoms with Crippen LogP contribution >= 0.6 is 0 Å². The van der Waals surface area contributed by atoms with Gasteiger partial charge in [0.25, 0.3) is 0 Å². The molecule has 3 unspecified atom stereocenters. The van der Waals surface area contributed by atoms with E-state index in [9.17, 15) is 0 Å². The molecular weight excluding hydrogens is 156 g/mol. The molecule has 1 fully saturated rings. The Morgan fingerprint density at radius 3 is 2.62 bits per heavy atom. The molecule has 3 atom stereocenters. The molecule has 1 saturated carbocycles. The third kappa shape index (κ3) is 1.13. The van der Waals surface area contributed by atoms with Crippen LogP contribution in [0.3, 0.4) is 0 Å². The van der Waals surface area contributed by atoms with Crippen LogP contribution in [0.2, 0.25) is 0 Å². The Morgan fingerprint density at radius 1 is 1.00 bits per heavy atom. The molecular formula is C13H14. The zero-order valence-corrected chi connectivity index (χ0v) is 7.69. The van der Waals surface area contributed by atoms with E-state index in [1.165, 1.54) is 12.8 Å². The first-order valence-electron chi connectivity index (χ1n) is 5.17. The standard InChI is InChI=1S/C13H14/c1-2-6-10(7-3-1)13-11-8-4-5-9-12(11)13/h1-6,8,10,12-13H,7,9H2. The van der Waals surface area contributed by atoms with Crippen LogP contribution in [-0.4, -0.2) is 0 Å². The molecule has 0 bridgehead atoms. The molecule has 0 spiro atoms. The van der Waals surface area contributed by atoms with Crippen molar-refractivity contribution in [3.63, 3.8) is 0 Å². The van der Waals surface area contributed by atoms with Gasteiger partial charge in [-0.15, -0.1) is 0 Å². The maximum absolute atomic E-state index is 2.38. The fourth-order valence-corrected chi connectivity index (χ4v) is 2.70. The highest BCUT2D eigenvalue weighted by molar-refractivity contribution is 5.40. The summed E-state index contributed by atoms with van der Waals surface area (Å²) in [6.07, 6.45) is 18.4. The van der Waals surface area contributed by atoms with Gasteiger partial charge in [0.05, 0.1) is 0 Å². The average molecular weight is 170 g/mol. The lowest BCUT2D eigenvalue weighted by molar-refractivity contribution is 0.534. The van der Waals surface area contributed by atoms with Crippen LogP contribution in [0.1, 0.15) is 12.8 Å². The van der Waals surface area contributed by atoms with Crippen molar-refractivity contribution in [1.29, 1.82) is 0 Å². The Kier molecular flexibility index (Phi) is 1.55. The number of hydrogen-bond donors (Lipinski definition) is 0. The molecule has 0 radical (unpaired) electrons. The topological polar surface area (TPSA) is 0 Å². The van der Waals surface area contributed by atoms with Gasteiger partial charge < -0.3 is 0 Å². The average Bonchev–Trinajstić information content (AvgIpc) is 2.93. The molecule has 3 rings (SSSR count). The molecule has 13 heavy (non-hydrogen) atoms. The maximum Gasteiger partial charge on any atom is -0.00621 e. The Morgan fingerprint density at radius 2 is 1.92 bits per heavy atom. The van der Waals surface area contributed by atoms with E-state index in [1.807, 2.05) is 0 Å². The molecule has 3 aliphatic rings. The van der Waals surface area contributed by atoms with Crippen molar-refractivity contribution in [3.05, 3.63) is 48.1 Å². The Hall–Kier alpha value is -1.04. The summed E-state index contributed by atoms with van der Waals surface area (Å²) in [5.41, 5.74) is 1.70. The minimum absolute atomic E-state index is 0.793. The summed E-state index contributed by atoms with van der Waals surface area (Å²) in [6.45, 7) is 0. The molecule has 0 saturated heterocycles. The molecule has 0 aromatic heterocycles. The SMILES string of the molecule is C1=CCC(C2C3=CC=CCC32)C=C1. The molecule has 0 nitrogen and oxygen atoms in total. The van der Waals surface area contributed by atoms with Crippen LogP contribution in [0.4, 0.5) is 0 Å². The molecule has 66 valence electrons. The smallest absolute Gasteiger partial charge is 0.00621 e. The quantitative estimate of drug-likeness (QED) is 0.566. The molecule has 0 N–H and O–H groups in total. The zero-order chi connectivity index (χ0) is 8.67. The van der Waals surface area contributed by atoms with E-state index in [2.05, 4.69) is 42.5 Å². The van der Waals surface area contributed by atoms with E-state index in [0.717, 1.165) is 17.8 Å². The van der Waals surface area contributed by atoms with Crippen molar-refractivity contribution in [2.24, 2.45) is 17.8 Å². The van der Waals surface area contributed by atoms with Crippen molar-refractivity contribution >= 4 is 0 Å². The fraction of sp³-hybridized carbons (Fsp3) is 0.385. The summed E-state index contributed by atoms with van der Waals surface area (Å²) < 4.78 is 0. The predicted molar refractivity (Wildman–Crippen MR) is 55.2 cm³/mol. The van der Waals surface area contributed by atoms with E-state index in [4.69, 9.17) is 0 Å². The lowest BCUT2D eigenvalue weighted by atomic mass is 9.94. The second-order valence-electron chi connectivity index (χ2n) is 4.18. The Balaban J connectivity index is 1.76. The highest BCUT2D eigenvalue weighted by Crippen LogP contribution is 2.55. The van der Waals surface area contributed by atoms with Crippen molar-refractivity contribution in [1.82, 2.24) is 0 Å². The summed E-state index contributed by atoms with van der Waals surface area (Å²) in [5, 5.41) is 0.